The summed E-state index contributed by atoms with van der Waals surface area (Å²) in [7, 11) is 0. The normalized spacial score (nSPS) is 11.6. The fourth-order valence-corrected chi connectivity index (χ4v) is 6.77. The molecule has 0 saturated heterocycles. The van der Waals surface area contributed by atoms with Gasteiger partial charge >= 0.3 is 0 Å². The third kappa shape index (κ3) is 3.80. The molecule has 0 atom stereocenters. The van der Waals surface area contributed by atoms with Gasteiger partial charge in [-0.15, -0.1) is 0 Å². The highest BCUT2D eigenvalue weighted by Gasteiger charge is 2.15. The standard InChI is InChI=1S/C41H27N3/c1-3-9-32(10-4-1)43-38-14-8-7-13-34(38)36-25-30(19-21-39(36)43)28-15-17-29(18-16-28)31-20-22-40-37(26-31)35-23-24-42-27-41(35)44(40)33-11-5-2-6-12-33/h1-27H. The third-order valence-electron chi connectivity index (χ3n) is 8.82. The molecule has 0 radical (unpaired) electrons. The molecule has 206 valence electrons. The molecule has 44 heavy (non-hydrogen) atoms. The molecule has 0 spiro atoms. The maximum atomic E-state index is 4.44. The van der Waals surface area contributed by atoms with Gasteiger partial charge in [-0.2, -0.15) is 0 Å². The van der Waals surface area contributed by atoms with Crippen LogP contribution in [0.4, 0.5) is 0 Å². The number of benzene rings is 6. The minimum atomic E-state index is 1.12. The summed E-state index contributed by atoms with van der Waals surface area (Å²) in [6.45, 7) is 0. The van der Waals surface area contributed by atoms with Crippen molar-refractivity contribution in [3.63, 3.8) is 0 Å². The lowest BCUT2D eigenvalue weighted by Crippen LogP contribution is -1.93. The quantitative estimate of drug-likeness (QED) is 0.210. The Kier molecular flexibility index (Phi) is 5.50. The van der Waals surface area contributed by atoms with Crippen LogP contribution < -0.4 is 0 Å². The molecule has 0 N–H and O–H groups in total. The van der Waals surface area contributed by atoms with E-state index >= 15 is 0 Å². The van der Waals surface area contributed by atoms with Gasteiger partial charge in [0.05, 0.1) is 28.3 Å². The fraction of sp³-hybridized carbons (Fsp3) is 0. The Bertz CT molecular complexity index is 2290. The molecule has 0 fully saturated rings. The Morgan fingerprint density at radius 3 is 1.39 bits per heavy atom. The van der Waals surface area contributed by atoms with Gasteiger partial charge in [-0.25, -0.2) is 0 Å². The summed E-state index contributed by atoms with van der Waals surface area (Å²) in [4.78, 5) is 4.44. The van der Waals surface area contributed by atoms with Gasteiger partial charge in [-0.3, -0.25) is 4.98 Å². The molecule has 0 aliphatic carbocycles. The number of pyridine rings is 1. The lowest BCUT2D eigenvalue weighted by molar-refractivity contribution is 1.17. The Balaban J connectivity index is 1.13. The molecule has 9 rings (SSSR count). The van der Waals surface area contributed by atoms with Gasteiger partial charge in [0.1, 0.15) is 0 Å². The number of nitrogens with zero attached hydrogens (tertiary/aromatic N) is 3. The molecular weight excluding hydrogens is 534 g/mol. The Hall–Kier alpha value is -5.93. The zero-order valence-electron chi connectivity index (χ0n) is 23.9. The number of hydrogen-bond donors (Lipinski definition) is 0. The molecule has 3 aromatic heterocycles. The van der Waals surface area contributed by atoms with Gasteiger partial charge in [0.15, 0.2) is 0 Å². The summed E-state index contributed by atoms with van der Waals surface area (Å²) in [6, 6.07) is 54.5. The Morgan fingerprint density at radius 1 is 0.341 bits per heavy atom. The van der Waals surface area contributed by atoms with E-state index in [1.165, 1.54) is 66.0 Å². The first-order chi connectivity index (χ1) is 21.8. The summed E-state index contributed by atoms with van der Waals surface area (Å²) in [5.74, 6) is 0. The lowest BCUT2D eigenvalue weighted by atomic mass is 9.98. The highest BCUT2D eigenvalue weighted by atomic mass is 15.0. The van der Waals surface area contributed by atoms with Crippen LogP contribution in [0.25, 0.3) is 77.2 Å². The number of hydrogen-bond acceptors (Lipinski definition) is 1. The van der Waals surface area contributed by atoms with E-state index in [9.17, 15) is 0 Å². The molecule has 0 bridgehead atoms. The van der Waals surface area contributed by atoms with E-state index in [0.717, 1.165) is 11.2 Å². The molecule has 3 heterocycles. The van der Waals surface area contributed by atoms with Crippen LogP contribution in [0.15, 0.2) is 164 Å². The zero-order chi connectivity index (χ0) is 29.0. The molecule has 3 heteroatoms. The Morgan fingerprint density at radius 2 is 0.795 bits per heavy atom. The molecular formula is C41H27N3. The summed E-state index contributed by atoms with van der Waals surface area (Å²) in [6.07, 6.45) is 3.84. The molecule has 6 aromatic carbocycles. The van der Waals surface area contributed by atoms with Crippen molar-refractivity contribution in [1.82, 2.24) is 14.1 Å². The SMILES string of the molecule is c1ccc(-n2c3ccccc3c3cc(-c4ccc(-c5ccc6c(c5)c5ccncc5n6-c5ccccc5)cc4)ccc32)cc1. The van der Waals surface area contributed by atoms with E-state index in [2.05, 4.69) is 166 Å². The number of aromatic nitrogens is 3. The molecule has 0 saturated carbocycles. The van der Waals surface area contributed by atoms with Gasteiger partial charge in [0.25, 0.3) is 0 Å². The van der Waals surface area contributed by atoms with Crippen LogP contribution in [-0.2, 0) is 0 Å². The van der Waals surface area contributed by atoms with Crippen LogP contribution in [0, 0.1) is 0 Å². The van der Waals surface area contributed by atoms with E-state index in [1.54, 1.807) is 0 Å². The van der Waals surface area contributed by atoms with Crippen LogP contribution >= 0.6 is 0 Å². The van der Waals surface area contributed by atoms with Gasteiger partial charge in [-0.1, -0.05) is 91.0 Å². The second kappa shape index (κ2) is 9.82. The topological polar surface area (TPSA) is 22.8 Å². The largest absolute Gasteiger partial charge is 0.309 e. The minimum absolute atomic E-state index is 1.12. The maximum Gasteiger partial charge on any atom is 0.0724 e. The highest BCUT2D eigenvalue weighted by molar-refractivity contribution is 6.11. The predicted molar refractivity (Wildman–Crippen MR) is 184 cm³/mol. The van der Waals surface area contributed by atoms with Crippen molar-refractivity contribution in [2.75, 3.05) is 0 Å². The molecule has 9 aromatic rings. The predicted octanol–water partition coefficient (Wildman–Crippen LogP) is 10.6. The highest BCUT2D eigenvalue weighted by Crippen LogP contribution is 2.37. The van der Waals surface area contributed by atoms with Gasteiger partial charge in [-0.05, 0) is 82.9 Å². The van der Waals surface area contributed by atoms with Gasteiger partial charge < -0.3 is 9.13 Å². The summed E-state index contributed by atoms with van der Waals surface area (Å²) < 4.78 is 4.66. The Labute approximate surface area is 254 Å². The summed E-state index contributed by atoms with van der Waals surface area (Å²) in [5, 5.41) is 4.97. The molecule has 0 amide bonds. The van der Waals surface area contributed by atoms with Crippen molar-refractivity contribution in [3.05, 3.63) is 164 Å². The van der Waals surface area contributed by atoms with Crippen LogP contribution in [-0.4, -0.2) is 14.1 Å². The van der Waals surface area contributed by atoms with E-state index in [4.69, 9.17) is 0 Å². The molecule has 0 unspecified atom stereocenters. The van der Waals surface area contributed by atoms with E-state index in [1.807, 2.05) is 12.4 Å². The van der Waals surface area contributed by atoms with Crippen molar-refractivity contribution in [1.29, 1.82) is 0 Å². The third-order valence-corrected chi connectivity index (χ3v) is 8.82. The first-order valence-corrected chi connectivity index (χ1v) is 15.0. The van der Waals surface area contributed by atoms with E-state index in [0.29, 0.717) is 0 Å². The molecule has 0 aliphatic heterocycles. The van der Waals surface area contributed by atoms with Crippen molar-refractivity contribution in [2.24, 2.45) is 0 Å². The number of rotatable bonds is 4. The first kappa shape index (κ1) is 24.6. The van der Waals surface area contributed by atoms with Crippen molar-refractivity contribution in [3.8, 4) is 33.6 Å². The minimum Gasteiger partial charge on any atom is -0.309 e. The average Bonchev–Trinajstić information content (AvgIpc) is 3.61. The van der Waals surface area contributed by atoms with Crippen LogP contribution in [0.3, 0.4) is 0 Å². The van der Waals surface area contributed by atoms with Crippen LogP contribution in [0.5, 0.6) is 0 Å². The van der Waals surface area contributed by atoms with Crippen molar-refractivity contribution < 1.29 is 0 Å². The zero-order valence-corrected chi connectivity index (χ0v) is 23.9. The first-order valence-electron chi connectivity index (χ1n) is 15.0. The molecule has 3 nitrogen and oxygen atoms in total. The van der Waals surface area contributed by atoms with E-state index < -0.39 is 0 Å². The number of fused-ring (bicyclic) bond motifs is 6. The smallest absolute Gasteiger partial charge is 0.0724 e. The lowest BCUT2D eigenvalue weighted by Gasteiger charge is -2.09. The van der Waals surface area contributed by atoms with Crippen molar-refractivity contribution >= 4 is 43.6 Å². The summed E-state index contributed by atoms with van der Waals surface area (Å²) in [5.41, 5.74) is 11.9. The number of para-hydroxylation sites is 3. The summed E-state index contributed by atoms with van der Waals surface area (Å²) >= 11 is 0. The maximum absolute atomic E-state index is 4.44. The second-order valence-electron chi connectivity index (χ2n) is 11.3. The fourth-order valence-electron chi connectivity index (χ4n) is 6.77. The molecule has 0 aliphatic rings. The van der Waals surface area contributed by atoms with Gasteiger partial charge in [0, 0.05) is 39.1 Å². The van der Waals surface area contributed by atoms with E-state index in [-0.39, 0.29) is 0 Å². The van der Waals surface area contributed by atoms with Crippen LogP contribution in [0.2, 0.25) is 0 Å². The second-order valence-corrected chi connectivity index (χ2v) is 11.3. The van der Waals surface area contributed by atoms with Gasteiger partial charge in [0.2, 0.25) is 0 Å². The average molecular weight is 562 g/mol. The van der Waals surface area contributed by atoms with Crippen molar-refractivity contribution in [2.45, 2.75) is 0 Å². The van der Waals surface area contributed by atoms with Crippen LogP contribution in [0.1, 0.15) is 0 Å². The monoisotopic (exact) mass is 561 g/mol.